The van der Waals surface area contributed by atoms with Crippen LogP contribution in [0.15, 0.2) is 46.9 Å². The van der Waals surface area contributed by atoms with Crippen LogP contribution in [0.3, 0.4) is 0 Å². The van der Waals surface area contributed by atoms with Crippen molar-refractivity contribution in [2.45, 2.75) is 80.1 Å². The molecule has 0 aliphatic rings. The van der Waals surface area contributed by atoms with E-state index in [4.69, 9.17) is 11.1 Å². The van der Waals surface area contributed by atoms with Crippen molar-refractivity contribution in [2.75, 3.05) is 0 Å². The Bertz CT molecular complexity index is 1110. The van der Waals surface area contributed by atoms with Crippen LogP contribution in [0.1, 0.15) is 80.9 Å². The fourth-order valence-electron chi connectivity index (χ4n) is 3.84. The van der Waals surface area contributed by atoms with Gasteiger partial charge in [0, 0.05) is 0 Å². The summed E-state index contributed by atoms with van der Waals surface area (Å²) in [7, 11) is 0. The predicted molar refractivity (Wildman–Crippen MR) is 149 cm³/mol. The molecule has 0 saturated heterocycles. The molecule has 1 aromatic heterocycles. The van der Waals surface area contributed by atoms with Gasteiger partial charge in [-0.05, 0) is 0 Å². The molecule has 0 unspecified atom stereocenters. The molecule has 0 N–H and O–H groups in total. The fraction of sp³-hybridized carbons (Fsp3) is 0.414. The molecule has 0 amide bonds. The zero-order valence-electron chi connectivity index (χ0n) is 22.7. The zero-order chi connectivity index (χ0) is 24.6. The molecule has 0 aliphatic carbocycles. The van der Waals surface area contributed by atoms with Gasteiger partial charge < -0.3 is 0 Å². The van der Waals surface area contributed by atoms with Crippen molar-refractivity contribution >= 4 is 29.1 Å². The zero-order valence-corrected chi connectivity index (χ0v) is 25.9. The molecular formula is C29H40Cl2O3Ti. The molecule has 0 bridgehead atoms. The predicted octanol–water partition coefficient (Wildman–Crippen LogP) is 8.71. The average Bonchev–Trinajstić information content (AvgIpc) is 2.99. The third-order valence-electron chi connectivity index (χ3n) is 5.64. The summed E-state index contributed by atoms with van der Waals surface area (Å²) in [5, 5.41) is 0. The van der Waals surface area contributed by atoms with E-state index in [1.165, 1.54) is 22.3 Å². The van der Waals surface area contributed by atoms with Gasteiger partial charge in [-0.25, -0.2) is 0 Å². The van der Waals surface area contributed by atoms with Crippen LogP contribution < -0.4 is 6.64 Å². The Morgan fingerprint density at radius 1 is 0.686 bits per heavy atom. The maximum Gasteiger partial charge on any atom is -0.147 e. The minimum atomic E-state index is -2.72. The Hall–Kier alpha value is -1.52. The van der Waals surface area contributed by atoms with Crippen molar-refractivity contribution in [1.82, 2.24) is 0 Å². The van der Waals surface area contributed by atoms with E-state index < -0.39 is 18.2 Å². The van der Waals surface area contributed by atoms with E-state index in [0.29, 0.717) is 0 Å². The molecule has 0 radical (unpaired) electrons. The van der Waals surface area contributed by atoms with Crippen LogP contribution in [0.4, 0.5) is 0 Å². The maximum absolute atomic E-state index is 6.73. The molecule has 35 heavy (non-hydrogen) atoms. The van der Waals surface area contributed by atoms with Crippen LogP contribution in [-0.2, 0) is 29.0 Å². The van der Waals surface area contributed by atoms with Gasteiger partial charge in [0.2, 0.25) is 0 Å². The second kappa shape index (κ2) is 12.1. The van der Waals surface area contributed by atoms with Gasteiger partial charge in [-0.3, -0.25) is 0 Å². The third kappa shape index (κ3) is 8.25. The first kappa shape index (κ1) is 31.5. The Kier molecular flexibility index (Phi) is 10.9. The molecule has 0 saturated carbocycles. The average molecular weight is 555 g/mol. The van der Waals surface area contributed by atoms with E-state index in [0.717, 1.165) is 28.6 Å². The second-order valence-corrected chi connectivity index (χ2v) is 13.2. The monoisotopic (exact) mass is 554 g/mol. The number of aryl methyl sites for hydroxylation is 4. The summed E-state index contributed by atoms with van der Waals surface area (Å²) in [6, 6.07) is 14.9. The molecule has 1 heterocycles. The minimum absolute atomic E-state index is 0. The largest absolute Gasteiger partial charge is 0.147 e. The van der Waals surface area contributed by atoms with Crippen molar-refractivity contribution in [3.05, 3.63) is 81.8 Å². The van der Waals surface area contributed by atoms with Gasteiger partial charge in [-0.15, -0.1) is 24.8 Å². The SMILES string of the molecule is Cc1ccc([O][Ti](=[CH]c2oc(C)cc2C)[O]c2ccc(C)cc2C(C)(C)C)c(C(C)(C)C)c1.Cl.Cl. The van der Waals surface area contributed by atoms with Gasteiger partial charge in [-0.2, -0.15) is 0 Å². The molecule has 0 atom stereocenters. The summed E-state index contributed by atoms with van der Waals surface area (Å²) in [6.07, 6.45) is 0. The van der Waals surface area contributed by atoms with Crippen molar-refractivity contribution < 1.29 is 29.2 Å². The first-order chi connectivity index (χ1) is 15.2. The molecule has 0 spiro atoms. The summed E-state index contributed by atoms with van der Waals surface area (Å²) < 4.78 is 21.5. The van der Waals surface area contributed by atoms with Crippen molar-refractivity contribution in [3.8, 4) is 11.5 Å². The van der Waals surface area contributed by atoms with E-state index in [-0.39, 0.29) is 35.6 Å². The molecular weight excluding hydrogens is 515 g/mol. The summed E-state index contributed by atoms with van der Waals surface area (Å²) in [5.74, 6) is 3.53. The standard InChI is InChI=1S/2C11H16O.C7H8O.2ClH.Ti/c2*1-8-5-6-10(12)9(7-8)11(2,3)4;1-5-4-6(2)8-7(5)3;;;/h2*5-7,12H,1-4H3;3-4H,1-2H3;2*1H;/q;;;;;+2/p-2. The maximum atomic E-state index is 6.73. The van der Waals surface area contributed by atoms with Crippen molar-refractivity contribution in [3.63, 3.8) is 0 Å². The Labute approximate surface area is 230 Å². The molecule has 3 aromatic rings. The second-order valence-electron chi connectivity index (χ2n) is 11.1. The normalized spacial score (nSPS) is 11.3. The topological polar surface area (TPSA) is 31.6 Å². The van der Waals surface area contributed by atoms with E-state index in [9.17, 15) is 0 Å². The molecule has 3 nitrogen and oxygen atoms in total. The van der Waals surface area contributed by atoms with Crippen molar-refractivity contribution in [2.24, 2.45) is 0 Å². The minimum Gasteiger partial charge on any atom is -0.147 e. The third-order valence-corrected chi connectivity index (χ3v) is 7.73. The van der Waals surface area contributed by atoms with Gasteiger partial charge in [0.15, 0.2) is 0 Å². The summed E-state index contributed by atoms with van der Waals surface area (Å²) in [5.41, 5.74) is 5.86. The first-order valence-electron chi connectivity index (χ1n) is 11.6. The Morgan fingerprint density at radius 3 is 1.46 bits per heavy atom. The Morgan fingerprint density at radius 2 is 1.11 bits per heavy atom. The van der Waals surface area contributed by atoms with Crippen LogP contribution in [0.5, 0.6) is 11.5 Å². The summed E-state index contributed by atoms with van der Waals surface area (Å²) >= 11 is -2.72. The molecule has 0 aliphatic heterocycles. The molecule has 192 valence electrons. The number of hydrogen-bond acceptors (Lipinski definition) is 3. The van der Waals surface area contributed by atoms with Gasteiger partial charge in [0.1, 0.15) is 0 Å². The van der Waals surface area contributed by atoms with Gasteiger partial charge in [0.05, 0.1) is 0 Å². The fourth-order valence-corrected chi connectivity index (χ4v) is 6.11. The summed E-state index contributed by atoms with van der Waals surface area (Å²) in [6.45, 7) is 21.6. The van der Waals surface area contributed by atoms with Crippen LogP contribution in [-0.4, -0.2) is 4.31 Å². The Balaban J connectivity index is 0.00000306. The van der Waals surface area contributed by atoms with Crippen LogP contribution in [0.25, 0.3) is 0 Å². The first-order valence-corrected chi connectivity index (χ1v) is 13.8. The van der Waals surface area contributed by atoms with E-state index in [2.05, 4.69) is 109 Å². The van der Waals surface area contributed by atoms with Gasteiger partial charge in [0.25, 0.3) is 0 Å². The molecule has 2 aromatic carbocycles. The number of rotatable bonds is 5. The van der Waals surface area contributed by atoms with Crippen LogP contribution in [0, 0.1) is 27.7 Å². The van der Waals surface area contributed by atoms with E-state index in [1.54, 1.807) is 0 Å². The van der Waals surface area contributed by atoms with Crippen molar-refractivity contribution in [1.29, 1.82) is 0 Å². The molecule has 3 rings (SSSR count). The quantitative estimate of drug-likeness (QED) is 0.295. The van der Waals surface area contributed by atoms with Crippen LogP contribution in [0.2, 0.25) is 0 Å². The molecule has 6 heteroatoms. The van der Waals surface area contributed by atoms with Gasteiger partial charge >= 0.3 is 207 Å². The number of furan rings is 1. The number of benzene rings is 2. The van der Waals surface area contributed by atoms with Crippen LogP contribution >= 0.6 is 24.8 Å². The number of hydrogen-bond donors (Lipinski definition) is 0. The smallest absolute Gasteiger partial charge is 0.147 e. The number of halogens is 2. The van der Waals surface area contributed by atoms with Gasteiger partial charge in [-0.1, -0.05) is 0 Å². The van der Waals surface area contributed by atoms with E-state index >= 15 is 0 Å². The van der Waals surface area contributed by atoms with E-state index in [1.807, 2.05) is 6.92 Å². The molecule has 0 fully saturated rings. The summed E-state index contributed by atoms with van der Waals surface area (Å²) in [4.78, 5) is 0.